The molecule has 0 aromatic rings. The summed E-state index contributed by atoms with van der Waals surface area (Å²) < 4.78 is 17.1. The molecule has 2 rings (SSSR count). The number of carbonyl (C=O) groups excluding carboxylic acids is 4. The van der Waals surface area contributed by atoms with Crippen LogP contribution in [0.25, 0.3) is 0 Å². The average Bonchev–Trinajstić information content (AvgIpc) is 3.37. The zero-order valence-corrected chi connectivity index (χ0v) is 29.0. The minimum atomic E-state index is -0.853. The van der Waals surface area contributed by atoms with Crippen LogP contribution in [0.5, 0.6) is 0 Å². The largest absolute Gasteiger partial charge is 0.469 e. The summed E-state index contributed by atoms with van der Waals surface area (Å²) in [6.07, 6.45) is 8.51. The van der Waals surface area contributed by atoms with E-state index < -0.39 is 27.1 Å². The first-order valence-corrected chi connectivity index (χ1v) is 16.7. The highest BCUT2D eigenvalue weighted by Crippen LogP contribution is 2.67. The maximum atomic E-state index is 13.7. The van der Waals surface area contributed by atoms with Crippen molar-refractivity contribution < 1.29 is 33.4 Å². The zero-order chi connectivity index (χ0) is 32.7. The molecular weight excluding hydrogens is 546 g/mol. The second kappa shape index (κ2) is 14.8. The van der Waals surface area contributed by atoms with Gasteiger partial charge in [-0.05, 0) is 82.5 Å². The average molecular weight is 608 g/mol. The van der Waals surface area contributed by atoms with E-state index in [1.54, 1.807) is 4.90 Å². The number of carbonyl (C=O) groups is 4. The predicted octanol–water partition coefficient (Wildman–Crippen LogP) is 7.12. The predicted molar refractivity (Wildman–Crippen MR) is 168 cm³/mol. The maximum absolute atomic E-state index is 13.7. The molecule has 0 spiro atoms. The Hall–Kier alpha value is -2.12. The molecule has 43 heavy (non-hydrogen) atoms. The molecule has 0 radical (unpaired) electrons. The first kappa shape index (κ1) is 37.1. The van der Waals surface area contributed by atoms with Gasteiger partial charge in [-0.3, -0.25) is 19.2 Å². The van der Waals surface area contributed by atoms with E-state index in [9.17, 15) is 19.2 Å². The maximum Gasteiger partial charge on any atom is 0.312 e. The summed E-state index contributed by atoms with van der Waals surface area (Å²) in [6, 6.07) is 0. The summed E-state index contributed by atoms with van der Waals surface area (Å²) in [4.78, 5) is 54.3. The second-order valence-corrected chi connectivity index (χ2v) is 15.1. The SMILES string of the molecule is CCCCC(CC)COC(=O)C(C)(CC)C(C)(C)CC1(C(=O)OC)CCC1(C)CC(C)(C)C(=O)OCCN1CCCC1=O. The minimum Gasteiger partial charge on any atom is -0.469 e. The van der Waals surface area contributed by atoms with E-state index in [2.05, 4.69) is 34.6 Å². The summed E-state index contributed by atoms with van der Waals surface area (Å²) in [6.45, 7) is 19.9. The third-order valence-electron chi connectivity index (χ3n) is 11.4. The van der Waals surface area contributed by atoms with Gasteiger partial charge in [-0.1, -0.05) is 60.8 Å². The molecule has 2 fully saturated rings. The van der Waals surface area contributed by atoms with E-state index in [0.717, 1.165) is 38.5 Å². The third-order valence-corrected chi connectivity index (χ3v) is 11.4. The number of ether oxygens (including phenoxy) is 3. The molecule has 1 amide bonds. The molecule has 248 valence electrons. The van der Waals surface area contributed by atoms with Gasteiger partial charge in [0.2, 0.25) is 5.91 Å². The number of rotatable bonds is 18. The van der Waals surface area contributed by atoms with E-state index in [-0.39, 0.29) is 30.4 Å². The number of esters is 3. The van der Waals surface area contributed by atoms with Crippen LogP contribution < -0.4 is 0 Å². The lowest BCUT2D eigenvalue weighted by Crippen LogP contribution is -2.60. The number of likely N-dealkylation sites (tertiary alicyclic amines) is 1. The topological polar surface area (TPSA) is 99.2 Å². The number of amides is 1. The lowest BCUT2D eigenvalue weighted by molar-refractivity contribution is -0.199. The lowest BCUT2D eigenvalue weighted by atomic mass is 9.42. The Morgan fingerprint density at radius 3 is 2.14 bits per heavy atom. The highest BCUT2D eigenvalue weighted by Gasteiger charge is 2.66. The molecule has 8 heteroatoms. The second-order valence-electron chi connectivity index (χ2n) is 15.1. The summed E-state index contributed by atoms with van der Waals surface area (Å²) >= 11 is 0. The highest BCUT2D eigenvalue weighted by atomic mass is 16.5. The lowest BCUT2D eigenvalue weighted by Gasteiger charge is -2.61. The molecule has 2 aliphatic rings. The van der Waals surface area contributed by atoms with Crippen LogP contribution >= 0.6 is 0 Å². The summed E-state index contributed by atoms with van der Waals surface area (Å²) in [5.74, 6) is -0.379. The fraction of sp³-hybridized carbons (Fsp3) is 0.886. The van der Waals surface area contributed by atoms with Gasteiger partial charge in [0, 0.05) is 13.0 Å². The van der Waals surface area contributed by atoms with Crippen LogP contribution in [-0.2, 0) is 33.4 Å². The molecule has 8 nitrogen and oxygen atoms in total. The van der Waals surface area contributed by atoms with Gasteiger partial charge >= 0.3 is 17.9 Å². The minimum absolute atomic E-state index is 0.104. The molecule has 0 aromatic heterocycles. The summed E-state index contributed by atoms with van der Waals surface area (Å²) in [7, 11) is 1.42. The highest BCUT2D eigenvalue weighted by molar-refractivity contribution is 5.82. The quantitative estimate of drug-likeness (QED) is 0.121. The number of methoxy groups -OCH3 is 1. The first-order chi connectivity index (χ1) is 20.0. The molecule has 4 atom stereocenters. The molecule has 1 aliphatic carbocycles. The van der Waals surface area contributed by atoms with Crippen molar-refractivity contribution >= 4 is 23.8 Å². The number of unbranched alkanes of at least 4 members (excludes halogenated alkanes) is 1. The Balaban J connectivity index is 2.22. The fourth-order valence-corrected chi connectivity index (χ4v) is 7.56. The Kier molecular flexibility index (Phi) is 12.7. The van der Waals surface area contributed by atoms with Crippen LogP contribution in [0.4, 0.5) is 0 Å². The van der Waals surface area contributed by atoms with Gasteiger partial charge in [0.25, 0.3) is 0 Å². The molecule has 1 saturated carbocycles. The number of hydrogen-bond acceptors (Lipinski definition) is 7. The van der Waals surface area contributed by atoms with Gasteiger partial charge < -0.3 is 19.1 Å². The third kappa shape index (κ3) is 7.94. The standard InChI is InChI=1S/C35H61NO7/c1-11-14-16-26(12-2)23-43-29(39)34(9,13-3)32(6,7)25-35(30(40)41-10)19-18-33(35,8)24-31(4,5)28(38)42-22-21-36-20-15-17-27(36)37/h26H,11-25H2,1-10H3. The van der Waals surface area contributed by atoms with Gasteiger partial charge in [0.15, 0.2) is 0 Å². The van der Waals surface area contributed by atoms with Gasteiger partial charge in [0.05, 0.1) is 36.5 Å². The van der Waals surface area contributed by atoms with Gasteiger partial charge in [-0.2, -0.15) is 0 Å². The fourth-order valence-electron chi connectivity index (χ4n) is 7.56. The van der Waals surface area contributed by atoms with E-state index in [1.807, 2.05) is 27.7 Å². The van der Waals surface area contributed by atoms with Gasteiger partial charge in [0.1, 0.15) is 6.61 Å². The number of hydrogen-bond donors (Lipinski definition) is 0. The van der Waals surface area contributed by atoms with Crippen molar-refractivity contribution in [1.82, 2.24) is 4.90 Å². The van der Waals surface area contributed by atoms with Crippen LogP contribution in [0.1, 0.15) is 133 Å². The van der Waals surface area contributed by atoms with Crippen LogP contribution in [0.15, 0.2) is 0 Å². The monoisotopic (exact) mass is 607 g/mol. The van der Waals surface area contributed by atoms with E-state index in [4.69, 9.17) is 14.2 Å². The molecule has 0 aromatic carbocycles. The van der Waals surface area contributed by atoms with Crippen molar-refractivity contribution in [3.05, 3.63) is 0 Å². The van der Waals surface area contributed by atoms with Crippen LogP contribution in [0.2, 0.25) is 0 Å². The Bertz CT molecular complexity index is 991. The van der Waals surface area contributed by atoms with Crippen molar-refractivity contribution in [2.24, 2.45) is 33.0 Å². The zero-order valence-electron chi connectivity index (χ0n) is 29.0. The van der Waals surface area contributed by atoms with Crippen molar-refractivity contribution in [3.8, 4) is 0 Å². The number of nitrogens with zero attached hydrogens (tertiary/aromatic N) is 1. The smallest absolute Gasteiger partial charge is 0.312 e. The van der Waals surface area contributed by atoms with Crippen LogP contribution in [0, 0.1) is 33.0 Å². The molecule has 0 N–H and O–H groups in total. The van der Waals surface area contributed by atoms with E-state index >= 15 is 0 Å². The molecular formula is C35H61NO7. The molecule has 0 bridgehead atoms. The van der Waals surface area contributed by atoms with E-state index in [0.29, 0.717) is 57.7 Å². The van der Waals surface area contributed by atoms with Crippen LogP contribution in [-0.4, -0.2) is 62.1 Å². The Labute approximate surface area is 261 Å². The Morgan fingerprint density at radius 1 is 0.977 bits per heavy atom. The Morgan fingerprint density at radius 2 is 1.65 bits per heavy atom. The van der Waals surface area contributed by atoms with E-state index in [1.165, 1.54) is 7.11 Å². The summed E-state index contributed by atoms with van der Waals surface area (Å²) in [5, 5.41) is 0. The molecule has 1 heterocycles. The first-order valence-electron chi connectivity index (χ1n) is 16.7. The van der Waals surface area contributed by atoms with Gasteiger partial charge in [-0.25, -0.2) is 0 Å². The molecule has 4 unspecified atom stereocenters. The molecule has 1 saturated heterocycles. The van der Waals surface area contributed by atoms with Crippen LogP contribution in [0.3, 0.4) is 0 Å². The summed E-state index contributed by atoms with van der Waals surface area (Å²) in [5.41, 5.74) is -3.64. The van der Waals surface area contributed by atoms with Crippen molar-refractivity contribution in [3.63, 3.8) is 0 Å². The van der Waals surface area contributed by atoms with Gasteiger partial charge in [-0.15, -0.1) is 0 Å². The normalized spacial score (nSPS) is 24.6. The van der Waals surface area contributed by atoms with Crippen molar-refractivity contribution in [2.75, 3.05) is 33.4 Å². The van der Waals surface area contributed by atoms with Crippen molar-refractivity contribution in [2.45, 2.75) is 133 Å². The van der Waals surface area contributed by atoms with Crippen molar-refractivity contribution in [1.29, 1.82) is 0 Å². The molecule has 1 aliphatic heterocycles.